The van der Waals surface area contributed by atoms with E-state index in [0.717, 1.165) is 23.7 Å². The summed E-state index contributed by atoms with van der Waals surface area (Å²) >= 11 is 4.25. The van der Waals surface area contributed by atoms with Crippen molar-refractivity contribution in [1.29, 1.82) is 0 Å². The lowest BCUT2D eigenvalue weighted by Crippen LogP contribution is -1.99. The minimum atomic E-state index is 0.633. The van der Waals surface area contributed by atoms with Crippen LogP contribution in [0, 0.1) is 19.8 Å². The molecule has 0 heterocycles. The van der Waals surface area contributed by atoms with Crippen LogP contribution in [0.25, 0.3) is 5.70 Å². The van der Waals surface area contributed by atoms with E-state index in [2.05, 4.69) is 111 Å². The molecule has 2 heteroatoms. The zero-order chi connectivity index (χ0) is 27.1. The second-order valence-corrected chi connectivity index (χ2v) is 9.99. The lowest BCUT2D eigenvalue weighted by atomic mass is 9.96. The van der Waals surface area contributed by atoms with Crippen LogP contribution >= 0.6 is 12.6 Å². The fraction of sp³-hybridized carbons (Fsp3) is 0.576. The van der Waals surface area contributed by atoms with Crippen molar-refractivity contribution in [2.45, 2.75) is 113 Å². The van der Waals surface area contributed by atoms with E-state index in [0.29, 0.717) is 5.70 Å². The lowest BCUT2D eigenvalue weighted by Gasteiger charge is -2.12. The van der Waals surface area contributed by atoms with Crippen LogP contribution in [0.4, 0.5) is 0 Å². The van der Waals surface area contributed by atoms with Crippen LogP contribution in [-0.2, 0) is 0 Å². The highest BCUT2D eigenvalue weighted by Crippen LogP contribution is 2.17. The Balaban J connectivity index is 0. The van der Waals surface area contributed by atoms with Gasteiger partial charge in [0.1, 0.15) is 0 Å². The van der Waals surface area contributed by atoms with E-state index in [4.69, 9.17) is 5.73 Å². The number of aryl methyl sites for hydroxylation is 2. The fourth-order valence-corrected chi connectivity index (χ4v) is 3.92. The maximum absolute atomic E-state index is 5.54. The molecule has 0 atom stereocenters. The first-order valence-corrected chi connectivity index (χ1v) is 14.4. The zero-order valence-electron chi connectivity index (χ0n) is 24.4. The number of thiol groups is 1. The molecule has 0 amide bonds. The number of benzene rings is 1. The van der Waals surface area contributed by atoms with Crippen molar-refractivity contribution in [3.63, 3.8) is 0 Å². The maximum atomic E-state index is 5.54. The third-order valence-electron chi connectivity index (χ3n) is 6.15. The highest BCUT2D eigenvalue weighted by atomic mass is 32.1. The van der Waals surface area contributed by atoms with Gasteiger partial charge in [0, 0.05) is 5.70 Å². The molecule has 1 aromatic rings. The fourth-order valence-electron chi connectivity index (χ4n) is 3.56. The van der Waals surface area contributed by atoms with E-state index >= 15 is 0 Å². The quantitative estimate of drug-likeness (QED) is 0.325. The monoisotopic (exact) mass is 499 g/mol. The molecule has 2 rings (SSSR count). The summed E-state index contributed by atoms with van der Waals surface area (Å²) in [6.07, 6.45) is 20.6. The minimum Gasteiger partial charge on any atom is -0.399 e. The first-order valence-electron chi connectivity index (χ1n) is 13.8. The molecule has 0 saturated heterocycles. The summed E-state index contributed by atoms with van der Waals surface area (Å²) in [4.78, 5) is 0. The predicted molar refractivity (Wildman–Crippen MR) is 167 cm³/mol. The Kier molecular flexibility index (Phi) is 24.4. The largest absolute Gasteiger partial charge is 0.399 e. The van der Waals surface area contributed by atoms with Gasteiger partial charge in [0.2, 0.25) is 0 Å². The Morgan fingerprint density at radius 3 is 1.69 bits per heavy atom. The average Bonchev–Trinajstić information content (AvgIpc) is 3.01. The van der Waals surface area contributed by atoms with E-state index in [9.17, 15) is 0 Å². The summed E-state index contributed by atoms with van der Waals surface area (Å²) in [6.45, 7) is 21.1. The molecular formula is C33H57NS. The van der Waals surface area contributed by atoms with Gasteiger partial charge in [0.25, 0.3) is 0 Å². The molecule has 200 valence electrons. The summed E-state index contributed by atoms with van der Waals surface area (Å²) in [7, 11) is 0. The molecule has 1 aliphatic carbocycles. The van der Waals surface area contributed by atoms with Crippen molar-refractivity contribution in [2.24, 2.45) is 11.7 Å². The smallest absolute Gasteiger partial charge is 0.0314 e. The van der Waals surface area contributed by atoms with Crippen LogP contribution in [0.1, 0.15) is 116 Å². The first-order chi connectivity index (χ1) is 16.7. The van der Waals surface area contributed by atoms with Crippen molar-refractivity contribution in [3.8, 4) is 0 Å². The molecule has 0 radical (unpaired) electrons. The number of unbranched alkanes of at least 4 members (excludes halogenated alkanes) is 2. The SMILES string of the molecule is C=C(N)c1ccc(C)c(C)c1.CC1=C(C)C=CCC=C1.CCCC(CCC)CCS.CCCCC. The Hall–Kier alpha value is -1.67. The molecular weight excluding hydrogens is 442 g/mol. The molecule has 1 aromatic carbocycles. The molecule has 0 unspecified atom stereocenters. The van der Waals surface area contributed by atoms with Crippen molar-refractivity contribution in [1.82, 2.24) is 0 Å². The standard InChI is InChI=1S/C10H13N.C9H20S.C9H12.C5H12/c1-7-4-5-10(9(3)11)6-8(7)2;1-3-5-9(6-4-2)7-8-10;1-8-6-4-3-5-7-9(8)2;1-3-5-4-2/h4-6H,3,11H2,1-2H3;9-10H,3-8H2,1-2H3;4-7H,3H2,1-2H3;3-5H2,1-2H3. The van der Waals surface area contributed by atoms with E-state index in [1.165, 1.54) is 73.6 Å². The zero-order valence-corrected chi connectivity index (χ0v) is 25.3. The van der Waals surface area contributed by atoms with Gasteiger partial charge in [-0.05, 0) is 86.1 Å². The number of hydrogen-bond acceptors (Lipinski definition) is 2. The predicted octanol–water partition coefficient (Wildman–Crippen LogP) is 10.8. The summed E-state index contributed by atoms with van der Waals surface area (Å²) in [6, 6.07) is 6.10. The van der Waals surface area contributed by atoms with Crippen LogP contribution in [0.5, 0.6) is 0 Å². The molecule has 0 fully saturated rings. The Labute approximate surface area is 225 Å². The van der Waals surface area contributed by atoms with Gasteiger partial charge in [-0.25, -0.2) is 0 Å². The maximum Gasteiger partial charge on any atom is 0.0314 e. The number of nitrogens with two attached hydrogens (primary N) is 1. The van der Waals surface area contributed by atoms with E-state index < -0.39 is 0 Å². The normalized spacial score (nSPS) is 12.1. The molecule has 1 aliphatic rings. The summed E-state index contributed by atoms with van der Waals surface area (Å²) in [5.74, 6) is 2.01. The second-order valence-electron chi connectivity index (χ2n) is 9.54. The van der Waals surface area contributed by atoms with Crippen LogP contribution < -0.4 is 5.73 Å². The van der Waals surface area contributed by atoms with Crippen LogP contribution in [0.15, 0.2) is 60.2 Å². The molecule has 0 bridgehead atoms. The topological polar surface area (TPSA) is 26.0 Å². The lowest BCUT2D eigenvalue weighted by molar-refractivity contribution is 0.431. The van der Waals surface area contributed by atoms with Crippen LogP contribution in [0.2, 0.25) is 0 Å². The Morgan fingerprint density at radius 1 is 0.829 bits per heavy atom. The van der Waals surface area contributed by atoms with Crippen molar-refractivity contribution in [3.05, 3.63) is 76.9 Å². The highest BCUT2D eigenvalue weighted by molar-refractivity contribution is 7.80. The van der Waals surface area contributed by atoms with Gasteiger partial charge in [-0.15, -0.1) is 0 Å². The Bertz CT molecular complexity index is 718. The highest BCUT2D eigenvalue weighted by Gasteiger charge is 2.03. The third-order valence-corrected chi connectivity index (χ3v) is 6.40. The number of rotatable bonds is 9. The average molecular weight is 500 g/mol. The molecule has 35 heavy (non-hydrogen) atoms. The van der Waals surface area contributed by atoms with Crippen molar-refractivity contribution in [2.75, 3.05) is 5.75 Å². The van der Waals surface area contributed by atoms with Crippen molar-refractivity contribution < 1.29 is 0 Å². The molecule has 0 aromatic heterocycles. The summed E-state index contributed by atoms with van der Waals surface area (Å²) < 4.78 is 0. The molecule has 2 N–H and O–H groups in total. The first kappa shape index (κ1) is 35.5. The molecule has 0 spiro atoms. The van der Waals surface area contributed by atoms with Crippen LogP contribution in [-0.4, -0.2) is 5.75 Å². The molecule has 1 nitrogen and oxygen atoms in total. The van der Waals surface area contributed by atoms with Crippen molar-refractivity contribution >= 4 is 18.3 Å². The van der Waals surface area contributed by atoms with E-state index in [1.54, 1.807) is 0 Å². The third kappa shape index (κ3) is 20.2. The van der Waals surface area contributed by atoms with Gasteiger partial charge in [-0.2, -0.15) is 12.6 Å². The van der Waals surface area contributed by atoms with Gasteiger partial charge in [0.15, 0.2) is 0 Å². The van der Waals surface area contributed by atoms with E-state index in [-0.39, 0.29) is 0 Å². The van der Waals surface area contributed by atoms with Gasteiger partial charge in [0.05, 0.1) is 0 Å². The van der Waals surface area contributed by atoms with E-state index in [1.807, 2.05) is 6.07 Å². The number of allylic oxidation sites excluding steroid dienone is 6. The number of hydrogen-bond donors (Lipinski definition) is 2. The molecule has 0 saturated carbocycles. The van der Waals surface area contributed by atoms with Gasteiger partial charge < -0.3 is 5.73 Å². The minimum absolute atomic E-state index is 0.633. The molecule has 0 aliphatic heterocycles. The summed E-state index contributed by atoms with van der Waals surface area (Å²) in [5, 5.41) is 0. The van der Waals surface area contributed by atoms with Crippen LogP contribution in [0.3, 0.4) is 0 Å². The van der Waals surface area contributed by atoms with Gasteiger partial charge in [-0.1, -0.05) is 116 Å². The van der Waals surface area contributed by atoms with Gasteiger partial charge in [-0.3, -0.25) is 0 Å². The second kappa shape index (κ2) is 24.0. The Morgan fingerprint density at radius 2 is 1.34 bits per heavy atom. The van der Waals surface area contributed by atoms with Gasteiger partial charge >= 0.3 is 0 Å². The summed E-state index contributed by atoms with van der Waals surface area (Å²) in [5.41, 5.74) is 12.5.